The quantitative estimate of drug-likeness (QED) is 0.0698. The summed E-state index contributed by atoms with van der Waals surface area (Å²) in [7, 11) is 2.04. The summed E-state index contributed by atoms with van der Waals surface area (Å²) >= 11 is 5.80. The highest BCUT2D eigenvalue weighted by Gasteiger charge is 2.03. The molecular formula is C31H53ClN4O7. The first-order chi connectivity index (χ1) is 20.9. The number of hydrogen-bond donors (Lipinski definition) is 3. The van der Waals surface area contributed by atoms with E-state index >= 15 is 0 Å². The lowest BCUT2D eigenvalue weighted by Crippen LogP contribution is -2.27. The predicted octanol–water partition coefficient (Wildman–Crippen LogP) is 2.51. The lowest BCUT2D eigenvalue weighted by atomic mass is 10.2. The molecule has 2 amide bonds. The van der Waals surface area contributed by atoms with Crippen LogP contribution in [0.1, 0.15) is 31.7 Å². The number of alkyl halides is 1. The Kier molecular flexibility index (Phi) is 24.6. The summed E-state index contributed by atoms with van der Waals surface area (Å²) in [6, 6.07) is 8.51. The van der Waals surface area contributed by atoms with E-state index in [1.54, 1.807) is 6.92 Å². The van der Waals surface area contributed by atoms with Gasteiger partial charge in [0.15, 0.2) is 0 Å². The molecule has 12 heteroatoms. The molecule has 246 valence electrons. The molecule has 0 aliphatic rings. The zero-order chi connectivity index (χ0) is 31.4. The second-order valence-electron chi connectivity index (χ2n) is 9.86. The van der Waals surface area contributed by atoms with Crippen LogP contribution in [-0.2, 0) is 39.8 Å². The van der Waals surface area contributed by atoms with Crippen LogP contribution in [0.2, 0.25) is 0 Å². The summed E-state index contributed by atoms with van der Waals surface area (Å²) in [5, 5.41) is 9.01. The van der Waals surface area contributed by atoms with Crippen molar-refractivity contribution >= 4 is 29.1 Å². The molecule has 0 saturated heterocycles. The topological polar surface area (TPSA) is 120 Å². The van der Waals surface area contributed by atoms with Crippen LogP contribution in [0.5, 0.6) is 0 Å². The lowest BCUT2D eigenvalue weighted by Gasteiger charge is -2.18. The molecule has 0 bridgehead atoms. The van der Waals surface area contributed by atoms with Crippen LogP contribution in [0, 0.1) is 0 Å². The van der Waals surface area contributed by atoms with Crippen molar-refractivity contribution in [2.75, 3.05) is 110 Å². The Hall–Kier alpha value is -2.25. The first kappa shape index (κ1) is 38.8. The fraction of sp³-hybridized carbons (Fsp3) is 0.677. The molecule has 0 saturated carbocycles. The van der Waals surface area contributed by atoms with Crippen LogP contribution in [0.25, 0.3) is 0 Å². The number of nitrogens with one attached hydrogen (secondary N) is 3. The van der Waals surface area contributed by atoms with Crippen LogP contribution < -0.4 is 20.9 Å². The number of anilines is 1. The maximum absolute atomic E-state index is 11.9. The van der Waals surface area contributed by atoms with Gasteiger partial charge in [-0.1, -0.05) is 18.7 Å². The van der Waals surface area contributed by atoms with E-state index in [9.17, 15) is 9.59 Å². The third kappa shape index (κ3) is 22.9. The van der Waals surface area contributed by atoms with Gasteiger partial charge in [-0.3, -0.25) is 9.59 Å². The minimum absolute atomic E-state index is 0.0299. The molecule has 1 aromatic rings. The van der Waals surface area contributed by atoms with E-state index in [0.29, 0.717) is 97.0 Å². The lowest BCUT2D eigenvalue weighted by molar-refractivity contribution is -0.122. The summed E-state index contributed by atoms with van der Waals surface area (Å²) in [5.41, 5.74) is 2.89. The Balaban J connectivity index is 1.79. The molecule has 0 radical (unpaired) electrons. The average molecular weight is 629 g/mol. The molecule has 0 spiro atoms. The molecule has 11 nitrogen and oxygen atoms in total. The molecular weight excluding hydrogens is 576 g/mol. The highest BCUT2D eigenvalue weighted by molar-refractivity contribution is 6.18. The normalized spacial score (nSPS) is 11.0. The second kappa shape index (κ2) is 27.3. The molecule has 1 rings (SSSR count). The third-order valence-electron chi connectivity index (χ3n) is 6.07. The minimum atomic E-state index is -0.168. The van der Waals surface area contributed by atoms with Gasteiger partial charge in [-0.2, -0.15) is 0 Å². The van der Waals surface area contributed by atoms with Gasteiger partial charge in [-0.25, -0.2) is 0 Å². The Morgan fingerprint density at radius 3 is 1.93 bits per heavy atom. The molecule has 0 aromatic heterocycles. The maximum atomic E-state index is 11.9. The van der Waals surface area contributed by atoms with E-state index < -0.39 is 0 Å². The van der Waals surface area contributed by atoms with E-state index in [4.69, 9.17) is 35.3 Å². The number of rotatable bonds is 29. The Bertz CT molecular complexity index is 861. The zero-order valence-electron chi connectivity index (χ0n) is 26.1. The monoisotopic (exact) mass is 628 g/mol. The SMILES string of the molecule is C=C(C)C(=O)NCCOCCOCCOCCOCCC(=O)NCCCOCCCNCc1ccc(N(C)CCCl)cc1. The van der Waals surface area contributed by atoms with Crippen LogP contribution in [0.3, 0.4) is 0 Å². The van der Waals surface area contributed by atoms with Gasteiger partial charge in [0.1, 0.15) is 0 Å². The van der Waals surface area contributed by atoms with Gasteiger partial charge >= 0.3 is 0 Å². The smallest absolute Gasteiger partial charge is 0.246 e. The first-order valence-corrected chi connectivity index (χ1v) is 15.6. The molecule has 1 aromatic carbocycles. The summed E-state index contributed by atoms with van der Waals surface area (Å²) in [6.45, 7) is 13.6. The van der Waals surface area contributed by atoms with E-state index in [1.807, 2.05) is 7.05 Å². The molecule has 0 aliphatic carbocycles. The van der Waals surface area contributed by atoms with Crippen molar-refractivity contribution in [1.82, 2.24) is 16.0 Å². The molecule has 0 fully saturated rings. The highest BCUT2D eigenvalue weighted by Crippen LogP contribution is 2.13. The van der Waals surface area contributed by atoms with E-state index in [0.717, 1.165) is 32.5 Å². The van der Waals surface area contributed by atoms with Gasteiger partial charge in [0.25, 0.3) is 0 Å². The molecule has 0 aliphatic heterocycles. The largest absolute Gasteiger partial charge is 0.381 e. The number of carbonyl (C=O) groups excluding carboxylic acids is 2. The summed E-state index contributed by atoms with van der Waals surface area (Å²) in [4.78, 5) is 25.3. The Morgan fingerprint density at radius 2 is 1.33 bits per heavy atom. The van der Waals surface area contributed by atoms with Gasteiger partial charge in [0, 0.05) is 70.0 Å². The second-order valence-corrected chi connectivity index (χ2v) is 10.2. The Labute approximate surface area is 262 Å². The number of carbonyl (C=O) groups is 2. The van der Waals surface area contributed by atoms with Gasteiger partial charge in [0.2, 0.25) is 11.8 Å². The number of nitrogens with zero attached hydrogens (tertiary/aromatic N) is 1. The number of hydrogen-bond acceptors (Lipinski definition) is 9. The maximum Gasteiger partial charge on any atom is 0.246 e. The van der Waals surface area contributed by atoms with Crippen LogP contribution in [-0.4, -0.2) is 117 Å². The van der Waals surface area contributed by atoms with Gasteiger partial charge in [-0.05, 0) is 44.0 Å². The summed E-state index contributed by atoms with van der Waals surface area (Å²) in [5.74, 6) is 0.417. The van der Waals surface area contributed by atoms with Crippen molar-refractivity contribution in [3.05, 3.63) is 42.0 Å². The van der Waals surface area contributed by atoms with E-state index in [1.165, 1.54) is 11.3 Å². The van der Waals surface area contributed by atoms with Gasteiger partial charge < -0.3 is 44.5 Å². The molecule has 0 atom stereocenters. The van der Waals surface area contributed by atoms with Gasteiger partial charge in [0.05, 0.1) is 52.9 Å². The summed E-state index contributed by atoms with van der Waals surface area (Å²) < 4.78 is 27.3. The van der Waals surface area contributed by atoms with Crippen molar-refractivity contribution in [2.45, 2.75) is 32.7 Å². The van der Waals surface area contributed by atoms with Crippen molar-refractivity contribution < 1.29 is 33.3 Å². The zero-order valence-corrected chi connectivity index (χ0v) is 26.9. The highest BCUT2D eigenvalue weighted by atomic mass is 35.5. The van der Waals surface area contributed by atoms with Crippen LogP contribution >= 0.6 is 11.6 Å². The van der Waals surface area contributed by atoms with E-state index in [2.05, 4.69) is 51.7 Å². The van der Waals surface area contributed by atoms with Gasteiger partial charge in [-0.15, -0.1) is 11.6 Å². The summed E-state index contributed by atoms with van der Waals surface area (Å²) in [6.07, 6.45) is 2.03. The average Bonchev–Trinajstić information content (AvgIpc) is 3.00. The van der Waals surface area contributed by atoms with Crippen LogP contribution in [0.4, 0.5) is 5.69 Å². The predicted molar refractivity (Wildman–Crippen MR) is 171 cm³/mol. The van der Waals surface area contributed by atoms with Crippen molar-refractivity contribution in [1.29, 1.82) is 0 Å². The number of amides is 2. The van der Waals surface area contributed by atoms with Crippen molar-refractivity contribution in [3.63, 3.8) is 0 Å². The molecule has 43 heavy (non-hydrogen) atoms. The number of halogens is 1. The van der Waals surface area contributed by atoms with Crippen molar-refractivity contribution in [2.24, 2.45) is 0 Å². The molecule has 0 unspecified atom stereocenters. The van der Waals surface area contributed by atoms with Crippen LogP contribution in [0.15, 0.2) is 36.4 Å². The molecule has 0 heterocycles. The third-order valence-corrected chi connectivity index (χ3v) is 6.23. The standard InChI is InChI=1S/C31H53ClN4O7/c1-27(2)31(38)35-14-19-41-21-23-43-25-24-42-22-20-40-18-10-30(37)34-13-5-17-39-16-4-12-33-26-28-6-8-29(9-7-28)36(3)15-11-32/h6-9,33H,1,4-5,10-26H2,2-3H3,(H,34,37)(H,35,38). The fourth-order valence-corrected chi connectivity index (χ4v) is 3.82. The van der Waals surface area contributed by atoms with E-state index in [-0.39, 0.29) is 11.8 Å². The minimum Gasteiger partial charge on any atom is -0.381 e. The molecule has 3 N–H and O–H groups in total. The first-order valence-electron chi connectivity index (χ1n) is 15.1. The number of ether oxygens (including phenoxy) is 5. The van der Waals surface area contributed by atoms with Crippen molar-refractivity contribution in [3.8, 4) is 0 Å². The fourth-order valence-electron chi connectivity index (χ4n) is 3.56. The Morgan fingerprint density at radius 1 is 0.767 bits per heavy atom. The number of benzene rings is 1.